The molecule has 0 aromatic carbocycles. The van der Waals surface area contributed by atoms with Crippen molar-refractivity contribution in [1.82, 2.24) is 15.0 Å². The second-order valence-corrected chi connectivity index (χ2v) is 4.24. The van der Waals surface area contributed by atoms with E-state index in [1.807, 2.05) is 6.26 Å². The molecule has 2 aromatic heterocycles. The van der Waals surface area contributed by atoms with E-state index in [0.717, 1.165) is 14.7 Å². The zero-order valence-electron chi connectivity index (χ0n) is 6.81. The van der Waals surface area contributed by atoms with E-state index in [1.54, 1.807) is 11.8 Å². The van der Waals surface area contributed by atoms with Crippen LogP contribution in [0.1, 0.15) is 0 Å². The van der Waals surface area contributed by atoms with Gasteiger partial charge in [0.2, 0.25) is 0 Å². The summed E-state index contributed by atoms with van der Waals surface area (Å²) >= 11 is 3.12. The van der Waals surface area contributed by atoms with Crippen molar-refractivity contribution in [2.75, 3.05) is 11.7 Å². The number of nitrogens with one attached hydrogen (secondary N) is 1. The maximum absolute atomic E-state index is 5.28. The standard InChI is InChI=1S/C6H7N5S2/c1-12-6-10-3-4(11-7)8-2-9-5(3)13-6/h2H,7H2,1H3,(H,8,9,11). The smallest absolute Gasteiger partial charge is 0.170 e. The summed E-state index contributed by atoms with van der Waals surface area (Å²) in [5.74, 6) is 5.86. The molecular formula is C6H7N5S2. The first-order valence-corrected chi connectivity index (χ1v) is 5.51. The molecule has 3 N–H and O–H groups in total. The van der Waals surface area contributed by atoms with Gasteiger partial charge in [-0.2, -0.15) is 0 Å². The van der Waals surface area contributed by atoms with Crippen molar-refractivity contribution in [3.63, 3.8) is 0 Å². The molecule has 0 aliphatic carbocycles. The number of nitrogen functional groups attached to an aromatic ring is 1. The van der Waals surface area contributed by atoms with Crippen molar-refractivity contribution < 1.29 is 0 Å². The molecule has 2 heterocycles. The van der Waals surface area contributed by atoms with Crippen LogP contribution in [0.3, 0.4) is 0 Å². The van der Waals surface area contributed by atoms with E-state index >= 15 is 0 Å². The summed E-state index contributed by atoms with van der Waals surface area (Å²) in [6, 6.07) is 0. The first kappa shape index (κ1) is 8.67. The van der Waals surface area contributed by atoms with E-state index in [1.165, 1.54) is 17.7 Å². The molecule has 0 fully saturated rings. The summed E-state index contributed by atoms with van der Waals surface area (Å²) in [5, 5.41) is 0. The van der Waals surface area contributed by atoms with Crippen LogP contribution in [-0.4, -0.2) is 21.2 Å². The van der Waals surface area contributed by atoms with Crippen LogP contribution < -0.4 is 11.3 Å². The zero-order chi connectivity index (χ0) is 9.26. The van der Waals surface area contributed by atoms with Crippen LogP contribution in [0.4, 0.5) is 5.82 Å². The average molecular weight is 213 g/mol. The topological polar surface area (TPSA) is 76.7 Å². The van der Waals surface area contributed by atoms with Crippen molar-refractivity contribution in [2.45, 2.75) is 4.34 Å². The summed E-state index contributed by atoms with van der Waals surface area (Å²) in [4.78, 5) is 13.2. The fraction of sp³-hybridized carbons (Fsp3) is 0.167. The van der Waals surface area contributed by atoms with Gasteiger partial charge in [-0.1, -0.05) is 23.1 Å². The minimum atomic E-state index is 0.571. The van der Waals surface area contributed by atoms with Gasteiger partial charge in [0, 0.05) is 0 Å². The number of nitrogens with two attached hydrogens (primary N) is 1. The summed E-state index contributed by atoms with van der Waals surface area (Å²) in [6.45, 7) is 0. The van der Waals surface area contributed by atoms with Crippen LogP contribution in [0, 0.1) is 0 Å². The molecule has 0 atom stereocenters. The molecule has 0 aliphatic rings. The van der Waals surface area contributed by atoms with E-state index in [0.29, 0.717) is 5.82 Å². The van der Waals surface area contributed by atoms with Crippen LogP contribution in [0.15, 0.2) is 10.7 Å². The third-order valence-electron chi connectivity index (χ3n) is 1.49. The maximum atomic E-state index is 5.28. The first-order valence-electron chi connectivity index (χ1n) is 3.47. The molecular weight excluding hydrogens is 206 g/mol. The van der Waals surface area contributed by atoms with Crippen LogP contribution in [0.25, 0.3) is 10.3 Å². The number of thiazole rings is 1. The minimum Gasteiger partial charge on any atom is -0.307 e. The zero-order valence-corrected chi connectivity index (χ0v) is 8.45. The van der Waals surface area contributed by atoms with Gasteiger partial charge in [0.05, 0.1) is 0 Å². The normalized spacial score (nSPS) is 10.6. The number of aromatic nitrogens is 3. The average Bonchev–Trinajstić information content (AvgIpc) is 2.59. The van der Waals surface area contributed by atoms with Gasteiger partial charge in [-0.15, -0.1) is 0 Å². The fourth-order valence-electron chi connectivity index (χ4n) is 0.928. The lowest BCUT2D eigenvalue weighted by Gasteiger charge is -1.96. The van der Waals surface area contributed by atoms with Crippen molar-refractivity contribution >= 4 is 39.3 Å². The number of hydrazine groups is 1. The number of thioether (sulfide) groups is 1. The van der Waals surface area contributed by atoms with E-state index in [4.69, 9.17) is 5.84 Å². The number of hydrogen-bond acceptors (Lipinski definition) is 7. The Labute approximate surface area is 82.8 Å². The lowest BCUT2D eigenvalue weighted by molar-refractivity contribution is 1.17. The molecule has 68 valence electrons. The van der Waals surface area contributed by atoms with E-state index < -0.39 is 0 Å². The fourth-order valence-corrected chi connectivity index (χ4v) is 2.32. The summed E-state index contributed by atoms with van der Waals surface area (Å²) < 4.78 is 0.965. The lowest BCUT2D eigenvalue weighted by Crippen LogP contribution is -2.09. The van der Waals surface area contributed by atoms with Gasteiger partial charge in [-0.3, -0.25) is 0 Å². The molecule has 0 saturated carbocycles. The Balaban J connectivity index is 2.67. The molecule has 0 amide bonds. The highest BCUT2D eigenvalue weighted by molar-refractivity contribution is 8.00. The molecule has 0 aliphatic heterocycles. The van der Waals surface area contributed by atoms with Gasteiger partial charge in [0.25, 0.3) is 0 Å². The Bertz CT molecular complexity index is 426. The van der Waals surface area contributed by atoms with Crippen molar-refractivity contribution in [2.24, 2.45) is 5.84 Å². The Morgan fingerprint density at radius 3 is 3.08 bits per heavy atom. The predicted molar refractivity (Wildman–Crippen MR) is 54.8 cm³/mol. The van der Waals surface area contributed by atoms with Crippen molar-refractivity contribution in [3.05, 3.63) is 6.33 Å². The summed E-state index contributed by atoms with van der Waals surface area (Å²) in [7, 11) is 0. The van der Waals surface area contributed by atoms with Gasteiger partial charge in [-0.05, 0) is 6.26 Å². The Morgan fingerprint density at radius 1 is 1.54 bits per heavy atom. The third kappa shape index (κ3) is 1.45. The molecule has 0 spiro atoms. The second kappa shape index (κ2) is 3.44. The third-order valence-corrected chi connectivity index (χ3v) is 3.44. The van der Waals surface area contributed by atoms with Crippen LogP contribution >= 0.6 is 23.1 Å². The van der Waals surface area contributed by atoms with Gasteiger partial charge in [-0.25, -0.2) is 20.8 Å². The molecule has 5 nitrogen and oxygen atoms in total. The van der Waals surface area contributed by atoms with Crippen LogP contribution in [-0.2, 0) is 0 Å². The number of rotatable bonds is 2. The van der Waals surface area contributed by atoms with Gasteiger partial charge < -0.3 is 5.43 Å². The molecule has 2 rings (SSSR count). The highest BCUT2D eigenvalue weighted by Gasteiger charge is 2.08. The second-order valence-electron chi connectivity index (χ2n) is 2.20. The van der Waals surface area contributed by atoms with Crippen molar-refractivity contribution in [3.8, 4) is 0 Å². The number of hydrogen-bond donors (Lipinski definition) is 2. The Morgan fingerprint density at radius 2 is 2.38 bits per heavy atom. The molecule has 0 saturated heterocycles. The van der Waals surface area contributed by atoms with Gasteiger partial charge >= 0.3 is 0 Å². The van der Waals surface area contributed by atoms with E-state index in [2.05, 4.69) is 20.4 Å². The Hall–Kier alpha value is -0.920. The van der Waals surface area contributed by atoms with Crippen LogP contribution in [0.5, 0.6) is 0 Å². The molecule has 13 heavy (non-hydrogen) atoms. The summed E-state index contributed by atoms with van der Waals surface area (Å²) in [6.07, 6.45) is 3.44. The number of nitrogens with zero attached hydrogens (tertiary/aromatic N) is 3. The number of fused-ring (bicyclic) bond motifs is 1. The largest absolute Gasteiger partial charge is 0.307 e. The lowest BCUT2D eigenvalue weighted by atomic mass is 10.5. The molecule has 2 aromatic rings. The predicted octanol–water partition coefficient (Wildman–Crippen LogP) is 1.09. The highest BCUT2D eigenvalue weighted by atomic mass is 32.2. The monoisotopic (exact) mass is 213 g/mol. The first-order chi connectivity index (χ1) is 6.35. The minimum absolute atomic E-state index is 0.571. The molecule has 0 radical (unpaired) electrons. The Kier molecular flexibility index (Phi) is 2.30. The van der Waals surface area contributed by atoms with Gasteiger partial charge in [0.15, 0.2) is 10.2 Å². The van der Waals surface area contributed by atoms with Gasteiger partial charge in [0.1, 0.15) is 16.7 Å². The number of anilines is 1. The van der Waals surface area contributed by atoms with E-state index in [9.17, 15) is 0 Å². The quantitative estimate of drug-likeness (QED) is 0.442. The van der Waals surface area contributed by atoms with E-state index in [-0.39, 0.29) is 0 Å². The maximum Gasteiger partial charge on any atom is 0.170 e. The molecule has 0 unspecified atom stereocenters. The SMILES string of the molecule is CSc1nc2c(NN)ncnc2s1. The van der Waals surface area contributed by atoms with Crippen LogP contribution in [0.2, 0.25) is 0 Å². The molecule has 0 bridgehead atoms. The summed E-state index contributed by atoms with van der Waals surface area (Å²) in [5.41, 5.74) is 3.23. The van der Waals surface area contributed by atoms with Crippen molar-refractivity contribution in [1.29, 1.82) is 0 Å². The highest BCUT2D eigenvalue weighted by Crippen LogP contribution is 2.28. The molecule has 7 heteroatoms.